The van der Waals surface area contributed by atoms with Crippen LogP contribution in [0.25, 0.3) is 0 Å². The van der Waals surface area contributed by atoms with Gasteiger partial charge in [0.1, 0.15) is 0 Å². The maximum atomic E-state index is 12.8. The van der Waals surface area contributed by atoms with Gasteiger partial charge in [0.05, 0.1) is 19.1 Å². The van der Waals surface area contributed by atoms with Crippen LogP contribution < -0.4 is 9.47 Å². The number of hydrogen-bond donors (Lipinski definition) is 0. The number of hydrogen-bond acceptors (Lipinski definition) is 4. The van der Waals surface area contributed by atoms with Crippen molar-refractivity contribution in [1.29, 1.82) is 0 Å². The molecule has 0 aromatic heterocycles. The second kappa shape index (κ2) is 7.68. The summed E-state index contributed by atoms with van der Waals surface area (Å²) in [5.74, 6) is 0.883. The average molecular weight is 349 g/mol. The molecular formula is C18H23NO4S. The van der Waals surface area contributed by atoms with Gasteiger partial charge in [-0.15, -0.1) is 0 Å². The third kappa shape index (κ3) is 3.88. The van der Waals surface area contributed by atoms with Gasteiger partial charge in [-0.05, 0) is 29.7 Å². The Balaban J connectivity index is 2.25. The van der Waals surface area contributed by atoms with E-state index < -0.39 is 10.0 Å². The summed E-state index contributed by atoms with van der Waals surface area (Å²) >= 11 is 0. The standard InChI is InChI=1S/C18H23NO4S/c1-5-14-6-8-15(9-7-14)13-19(2)24(20,21)16-10-11-17(22-3)18(12-16)23-4/h6-12H,5,13H2,1-4H3. The lowest BCUT2D eigenvalue weighted by Gasteiger charge is -2.18. The Bertz CT molecular complexity index is 785. The average Bonchev–Trinajstić information content (AvgIpc) is 2.61. The monoisotopic (exact) mass is 349 g/mol. The van der Waals surface area contributed by atoms with E-state index in [1.165, 1.54) is 36.2 Å². The summed E-state index contributed by atoms with van der Waals surface area (Å²) in [5, 5.41) is 0. The third-order valence-corrected chi connectivity index (χ3v) is 5.70. The van der Waals surface area contributed by atoms with Crippen LogP contribution in [-0.2, 0) is 23.0 Å². The Kier molecular flexibility index (Phi) is 5.85. The van der Waals surface area contributed by atoms with Crippen LogP contribution in [0.1, 0.15) is 18.1 Å². The molecule has 0 aliphatic rings. The predicted molar refractivity (Wildman–Crippen MR) is 94.0 cm³/mol. The highest BCUT2D eigenvalue weighted by molar-refractivity contribution is 7.89. The predicted octanol–water partition coefficient (Wildman–Crippen LogP) is 3.09. The van der Waals surface area contributed by atoms with Crippen LogP contribution in [0.4, 0.5) is 0 Å². The van der Waals surface area contributed by atoms with E-state index >= 15 is 0 Å². The van der Waals surface area contributed by atoms with Crippen molar-refractivity contribution in [3.63, 3.8) is 0 Å². The Hall–Kier alpha value is -2.05. The van der Waals surface area contributed by atoms with Crippen molar-refractivity contribution in [1.82, 2.24) is 4.31 Å². The zero-order valence-electron chi connectivity index (χ0n) is 14.4. The SMILES string of the molecule is CCc1ccc(CN(C)S(=O)(=O)c2ccc(OC)c(OC)c2)cc1. The lowest BCUT2D eigenvalue weighted by Crippen LogP contribution is -2.26. The van der Waals surface area contributed by atoms with Gasteiger partial charge in [-0.2, -0.15) is 4.31 Å². The van der Waals surface area contributed by atoms with Gasteiger partial charge in [0.2, 0.25) is 10.0 Å². The summed E-state index contributed by atoms with van der Waals surface area (Å²) < 4.78 is 37.2. The molecule has 0 saturated heterocycles. The number of aryl methyl sites for hydroxylation is 1. The van der Waals surface area contributed by atoms with Gasteiger partial charge in [-0.3, -0.25) is 0 Å². The van der Waals surface area contributed by atoms with Gasteiger partial charge >= 0.3 is 0 Å². The maximum Gasteiger partial charge on any atom is 0.243 e. The van der Waals surface area contributed by atoms with Crippen LogP contribution in [-0.4, -0.2) is 34.0 Å². The van der Waals surface area contributed by atoms with Gasteiger partial charge < -0.3 is 9.47 Å². The highest BCUT2D eigenvalue weighted by Gasteiger charge is 2.22. The number of sulfonamides is 1. The van der Waals surface area contributed by atoms with Crippen molar-refractivity contribution >= 4 is 10.0 Å². The zero-order chi connectivity index (χ0) is 17.7. The van der Waals surface area contributed by atoms with Crippen LogP contribution in [0.3, 0.4) is 0 Å². The summed E-state index contributed by atoms with van der Waals surface area (Å²) in [4.78, 5) is 0.174. The van der Waals surface area contributed by atoms with E-state index in [1.807, 2.05) is 24.3 Å². The van der Waals surface area contributed by atoms with Crippen LogP contribution in [0.5, 0.6) is 11.5 Å². The minimum atomic E-state index is -3.61. The van der Waals surface area contributed by atoms with E-state index in [0.29, 0.717) is 18.0 Å². The molecule has 0 N–H and O–H groups in total. The fraction of sp³-hybridized carbons (Fsp3) is 0.333. The largest absolute Gasteiger partial charge is 0.493 e. The lowest BCUT2D eigenvalue weighted by molar-refractivity contribution is 0.353. The smallest absolute Gasteiger partial charge is 0.243 e. The van der Waals surface area contributed by atoms with Gasteiger partial charge in [-0.1, -0.05) is 31.2 Å². The lowest BCUT2D eigenvalue weighted by atomic mass is 10.1. The van der Waals surface area contributed by atoms with Gasteiger partial charge in [0.15, 0.2) is 11.5 Å². The molecule has 5 nitrogen and oxygen atoms in total. The molecule has 0 spiro atoms. The van der Waals surface area contributed by atoms with Crippen LogP contribution in [0, 0.1) is 0 Å². The Labute approximate surface area is 143 Å². The molecule has 0 unspecified atom stereocenters. The molecule has 0 saturated carbocycles. The minimum Gasteiger partial charge on any atom is -0.493 e. The molecule has 130 valence electrons. The van der Waals surface area contributed by atoms with Crippen LogP contribution in [0.15, 0.2) is 47.4 Å². The number of methoxy groups -OCH3 is 2. The first-order valence-electron chi connectivity index (χ1n) is 7.68. The first-order valence-corrected chi connectivity index (χ1v) is 9.12. The quantitative estimate of drug-likeness (QED) is 0.771. The second-order valence-electron chi connectivity index (χ2n) is 5.45. The second-order valence-corrected chi connectivity index (χ2v) is 7.49. The third-order valence-electron chi connectivity index (χ3n) is 3.90. The van der Waals surface area contributed by atoms with E-state index in [2.05, 4.69) is 6.92 Å². The summed E-state index contributed by atoms with van der Waals surface area (Å²) in [6.45, 7) is 2.39. The first kappa shape index (κ1) is 18.3. The van der Waals surface area contributed by atoms with Crippen LogP contribution >= 0.6 is 0 Å². The highest BCUT2D eigenvalue weighted by Crippen LogP contribution is 2.30. The first-order chi connectivity index (χ1) is 11.4. The minimum absolute atomic E-state index is 0.174. The Morgan fingerprint density at radius 2 is 1.50 bits per heavy atom. The van der Waals surface area contributed by atoms with Crippen molar-refractivity contribution in [3.05, 3.63) is 53.6 Å². The van der Waals surface area contributed by atoms with E-state index in [0.717, 1.165) is 12.0 Å². The number of ether oxygens (including phenoxy) is 2. The Morgan fingerprint density at radius 3 is 2.04 bits per heavy atom. The fourth-order valence-corrected chi connectivity index (χ4v) is 3.55. The molecule has 24 heavy (non-hydrogen) atoms. The van der Waals surface area contributed by atoms with E-state index in [1.54, 1.807) is 13.1 Å². The molecule has 2 aromatic rings. The van der Waals surface area contributed by atoms with E-state index in [9.17, 15) is 8.42 Å². The summed E-state index contributed by atoms with van der Waals surface area (Å²) in [6, 6.07) is 12.5. The molecule has 2 rings (SSSR count). The molecule has 0 aliphatic heterocycles. The molecule has 0 amide bonds. The topological polar surface area (TPSA) is 55.8 Å². The Morgan fingerprint density at radius 1 is 0.917 bits per heavy atom. The fourth-order valence-electron chi connectivity index (χ4n) is 2.38. The molecular weight excluding hydrogens is 326 g/mol. The molecule has 2 aromatic carbocycles. The number of rotatable bonds is 7. The van der Waals surface area contributed by atoms with Crippen molar-refractivity contribution in [3.8, 4) is 11.5 Å². The molecule has 0 radical (unpaired) electrons. The van der Waals surface area contributed by atoms with Crippen molar-refractivity contribution in [2.75, 3.05) is 21.3 Å². The molecule has 0 heterocycles. The molecule has 0 atom stereocenters. The van der Waals surface area contributed by atoms with Crippen molar-refractivity contribution in [2.45, 2.75) is 24.8 Å². The molecule has 0 fully saturated rings. The normalized spacial score (nSPS) is 11.5. The van der Waals surface area contributed by atoms with Crippen molar-refractivity contribution in [2.24, 2.45) is 0 Å². The van der Waals surface area contributed by atoms with Crippen molar-refractivity contribution < 1.29 is 17.9 Å². The van der Waals surface area contributed by atoms with Gasteiger partial charge in [0, 0.05) is 19.7 Å². The van der Waals surface area contributed by atoms with Gasteiger partial charge in [-0.25, -0.2) is 8.42 Å². The summed E-state index contributed by atoms with van der Waals surface area (Å²) in [7, 11) is 0.948. The van der Waals surface area contributed by atoms with E-state index in [-0.39, 0.29) is 4.90 Å². The van der Waals surface area contributed by atoms with Gasteiger partial charge in [0.25, 0.3) is 0 Å². The summed E-state index contributed by atoms with van der Waals surface area (Å²) in [6.07, 6.45) is 0.958. The molecule has 0 aliphatic carbocycles. The molecule has 0 bridgehead atoms. The number of benzene rings is 2. The number of nitrogens with zero attached hydrogens (tertiary/aromatic N) is 1. The zero-order valence-corrected chi connectivity index (χ0v) is 15.3. The highest BCUT2D eigenvalue weighted by atomic mass is 32.2. The maximum absolute atomic E-state index is 12.8. The van der Waals surface area contributed by atoms with Crippen LogP contribution in [0.2, 0.25) is 0 Å². The summed E-state index contributed by atoms with van der Waals surface area (Å²) in [5.41, 5.74) is 2.17. The molecule has 6 heteroatoms. The van der Waals surface area contributed by atoms with E-state index in [4.69, 9.17) is 9.47 Å².